The van der Waals surface area contributed by atoms with E-state index in [0.717, 1.165) is 31.8 Å². The van der Waals surface area contributed by atoms with E-state index in [1.54, 1.807) is 0 Å². The Kier molecular flexibility index (Phi) is 4.69. The molecular formula is C14H19ClO2. The summed E-state index contributed by atoms with van der Waals surface area (Å²) in [4.78, 5) is 0. The summed E-state index contributed by atoms with van der Waals surface area (Å²) in [6.07, 6.45) is 2.21. The molecule has 1 fully saturated rings. The van der Waals surface area contributed by atoms with Gasteiger partial charge in [-0.25, -0.2) is 0 Å². The molecule has 0 bridgehead atoms. The van der Waals surface area contributed by atoms with Crippen LogP contribution in [0.2, 0.25) is 0 Å². The molecule has 2 rings (SSSR count). The predicted octanol–water partition coefficient (Wildman–Crippen LogP) is 3.79. The minimum absolute atomic E-state index is 0.137. The van der Waals surface area contributed by atoms with Crippen LogP contribution in [0, 0.1) is 5.92 Å². The molecule has 94 valence electrons. The molecule has 1 heterocycles. The van der Waals surface area contributed by atoms with Crippen LogP contribution in [-0.4, -0.2) is 19.1 Å². The smallest absolute Gasteiger partial charge is 0.119 e. The molecule has 1 saturated heterocycles. The number of alkyl halides is 1. The minimum Gasteiger partial charge on any atom is -0.494 e. The number of rotatable bonds is 5. The SMILES string of the molecule is CCCOc1cccc(C2OCCC2CCl)c1. The average molecular weight is 255 g/mol. The third-order valence-corrected chi connectivity index (χ3v) is 3.47. The van der Waals surface area contributed by atoms with Crippen LogP contribution in [0.4, 0.5) is 0 Å². The summed E-state index contributed by atoms with van der Waals surface area (Å²) >= 11 is 5.96. The van der Waals surface area contributed by atoms with Crippen molar-refractivity contribution < 1.29 is 9.47 Å². The Balaban J connectivity index is 2.09. The van der Waals surface area contributed by atoms with Crippen molar-refractivity contribution in [2.75, 3.05) is 19.1 Å². The van der Waals surface area contributed by atoms with Crippen LogP contribution in [0.15, 0.2) is 24.3 Å². The van der Waals surface area contributed by atoms with Gasteiger partial charge >= 0.3 is 0 Å². The molecule has 0 radical (unpaired) electrons. The summed E-state index contributed by atoms with van der Waals surface area (Å²) in [7, 11) is 0. The Morgan fingerprint density at radius 3 is 3.12 bits per heavy atom. The normalized spacial score (nSPS) is 23.9. The Morgan fingerprint density at radius 2 is 2.35 bits per heavy atom. The minimum atomic E-state index is 0.137. The summed E-state index contributed by atoms with van der Waals surface area (Å²) in [6, 6.07) is 8.18. The number of halogens is 1. The van der Waals surface area contributed by atoms with E-state index in [9.17, 15) is 0 Å². The molecule has 17 heavy (non-hydrogen) atoms. The summed E-state index contributed by atoms with van der Waals surface area (Å²) in [5.74, 6) is 2.01. The van der Waals surface area contributed by atoms with Gasteiger partial charge in [0.05, 0.1) is 12.7 Å². The van der Waals surface area contributed by atoms with Crippen LogP contribution < -0.4 is 4.74 Å². The van der Waals surface area contributed by atoms with E-state index in [-0.39, 0.29) is 6.10 Å². The fourth-order valence-corrected chi connectivity index (χ4v) is 2.48. The zero-order valence-electron chi connectivity index (χ0n) is 10.2. The Labute approximate surface area is 108 Å². The molecule has 1 aliphatic heterocycles. The molecule has 0 aliphatic carbocycles. The van der Waals surface area contributed by atoms with E-state index >= 15 is 0 Å². The van der Waals surface area contributed by atoms with E-state index in [2.05, 4.69) is 19.1 Å². The highest BCUT2D eigenvalue weighted by atomic mass is 35.5. The Bertz CT molecular complexity index is 354. The summed E-state index contributed by atoms with van der Waals surface area (Å²) in [5.41, 5.74) is 1.18. The van der Waals surface area contributed by atoms with Crippen molar-refractivity contribution in [1.29, 1.82) is 0 Å². The molecule has 0 amide bonds. The maximum Gasteiger partial charge on any atom is 0.119 e. The molecule has 3 heteroatoms. The van der Waals surface area contributed by atoms with E-state index in [1.165, 1.54) is 5.56 Å². The first-order valence-electron chi connectivity index (χ1n) is 6.25. The van der Waals surface area contributed by atoms with Gasteiger partial charge in [-0.05, 0) is 30.5 Å². The first-order chi connectivity index (χ1) is 8.35. The second kappa shape index (κ2) is 6.27. The third-order valence-electron chi connectivity index (χ3n) is 3.07. The molecule has 1 aromatic rings. The van der Waals surface area contributed by atoms with Crippen molar-refractivity contribution in [2.24, 2.45) is 5.92 Å². The lowest BCUT2D eigenvalue weighted by Gasteiger charge is -2.17. The molecule has 2 unspecified atom stereocenters. The van der Waals surface area contributed by atoms with Crippen molar-refractivity contribution >= 4 is 11.6 Å². The summed E-state index contributed by atoms with van der Waals surface area (Å²) in [6.45, 7) is 3.67. The maximum absolute atomic E-state index is 5.96. The van der Waals surface area contributed by atoms with Crippen molar-refractivity contribution in [3.63, 3.8) is 0 Å². The van der Waals surface area contributed by atoms with Crippen LogP contribution in [0.1, 0.15) is 31.4 Å². The highest BCUT2D eigenvalue weighted by Gasteiger charge is 2.28. The average Bonchev–Trinajstić information content (AvgIpc) is 2.85. The zero-order valence-corrected chi connectivity index (χ0v) is 11.0. The van der Waals surface area contributed by atoms with E-state index < -0.39 is 0 Å². The van der Waals surface area contributed by atoms with Gasteiger partial charge in [-0.3, -0.25) is 0 Å². The van der Waals surface area contributed by atoms with Gasteiger partial charge in [0, 0.05) is 18.4 Å². The van der Waals surface area contributed by atoms with Crippen molar-refractivity contribution in [3.8, 4) is 5.75 Å². The second-order valence-corrected chi connectivity index (χ2v) is 4.72. The largest absolute Gasteiger partial charge is 0.494 e. The lowest BCUT2D eigenvalue weighted by molar-refractivity contribution is 0.0949. The summed E-state index contributed by atoms with van der Waals surface area (Å²) < 4.78 is 11.4. The van der Waals surface area contributed by atoms with Crippen LogP contribution in [0.25, 0.3) is 0 Å². The molecule has 2 nitrogen and oxygen atoms in total. The maximum atomic E-state index is 5.96. The van der Waals surface area contributed by atoms with Gasteiger partial charge in [0.2, 0.25) is 0 Å². The molecular weight excluding hydrogens is 236 g/mol. The monoisotopic (exact) mass is 254 g/mol. The quantitative estimate of drug-likeness (QED) is 0.745. The van der Waals surface area contributed by atoms with Gasteiger partial charge in [0.1, 0.15) is 5.75 Å². The van der Waals surface area contributed by atoms with Gasteiger partial charge < -0.3 is 9.47 Å². The lowest BCUT2D eigenvalue weighted by atomic mass is 9.97. The van der Waals surface area contributed by atoms with E-state index in [4.69, 9.17) is 21.1 Å². The molecule has 1 aliphatic rings. The topological polar surface area (TPSA) is 18.5 Å². The molecule has 2 atom stereocenters. The molecule has 0 saturated carbocycles. The summed E-state index contributed by atoms with van der Waals surface area (Å²) in [5, 5.41) is 0. The van der Waals surface area contributed by atoms with Gasteiger partial charge in [-0.1, -0.05) is 19.1 Å². The first kappa shape index (κ1) is 12.7. The number of hydrogen-bond donors (Lipinski definition) is 0. The molecule has 0 aromatic heterocycles. The molecule has 0 N–H and O–H groups in total. The highest BCUT2D eigenvalue weighted by molar-refractivity contribution is 6.18. The fraction of sp³-hybridized carbons (Fsp3) is 0.571. The van der Waals surface area contributed by atoms with E-state index in [0.29, 0.717) is 11.8 Å². The van der Waals surface area contributed by atoms with E-state index in [1.807, 2.05) is 12.1 Å². The number of ether oxygens (including phenoxy) is 2. The lowest BCUT2D eigenvalue weighted by Crippen LogP contribution is -2.09. The van der Waals surface area contributed by atoms with Crippen LogP contribution >= 0.6 is 11.6 Å². The zero-order chi connectivity index (χ0) is 12.1. The van der Waals surface area contributed by atoms with Crippen LogP contribution in [0.3, 0.4) is 0 Å². The number of benzene rings is 1. The van der Waals surface area contributed by atoms with Gasteiger partial charge in [0.25, 0.3) is 0 Å². The third kappa shape index (κ3) is 3.14. The molecule has 1 aromatic carbocycles. The van der Waals surface area contributed by atoms with Gasteiger partial charge in [0.15, 0.2) is 0 Å². The molecule has 0 spiro atoms. The standard InChI is InChI=1S/C14H19ClO2/c1-2-7-16-13-5-3-4-11(9-13)14-12(10-15)6-8-17-14/h3-5,9,12,14H,2,6-8,10H2,1H3. The van der Waals surface area contributed by atoms with Crippen LogP contribution in [-0.2, 0) is 4.74 Å². The van der Waals surface area contributed by atoms with Gasteiger partial charge in [-0.15, -0.1) is 11.6 Å². The van der Waals surface area contributed by atoms with Crippen molar-refractivity contribution in [2.45, 2.75) is 25.9 Å². The van der Waals surface area contributed by atoms with Crippen molar-refractivity contribution in [3.05, 3.63) is 29.8 Å². The van der Waals surface area contributed by atoms with Crippen LogP contribution in [0.5, 0.6) is 5.75 Å². The van der Waals surface area contributed by atoms with Crippen molar-refractivity contribution in [1.82, 2.24) is 0 Å². The highest BCUT2D eigenvalue weighted by Crippen LogP contribution is 2.36. The fourth-order valence-electron chi connectivity index (χ4n) is 2.16. The second-order valence-electron chi connectivity index (χ2n) is 4.42. The first-order valence-corrected chi connectivity index (χ1v) is 6.79. The number of hydrogen-bond acceptors (Lipinski definition) is 2. The Hall–Kier alpha value is -0.730. The Morgan fingerprint density at radius 1 is 1.47 bits per heavy atom. The van der Waals surface area contributed by atoms with Gasteiger partial charge in [-0.2, -0.15) is 0 Å². The predicted molar refractivity (Wildman–Crippen MR) is 69.7 cm³/mol.